The van der Waals surface area contributed by atoms with Gasteiger partial charge in [-0.15, -0.1) is 5.10 Å². The Morgan fingerprint density at radius 3 is 2.42 bits per heavy atom. The number of aromatic nitrogens is 4. The summed E-state index contributed by atoms with van der Waals surface area (Å²) >= 11 is 0. The van der Waals surface area contributed by atoms with Crippen LogP contribution in [-0.2, 0) is 4.79 Å². The Labute approximate surface area is 155 Å². The first-order valence-corrected chi connectivity index (χ1v) is 9.33. The highest BCUT2D eigenvalue weighted by Crippen LogP contribution is 2.27. The van der Waals surface area contributed by atoms with Gasteiger partial charge in [0.1, 0.15) is 0 Å². The molecule has 1 atom stereocenters. The van der Waals surface area contributed by atoms with Crippen LogP contribution >= 0.6 is 0 Å². The number of amides is 1. The van der Waals surface area contributed by atoms with Gasteiger partial charge < -0.3 is 4.90 Å². The van der Waals surface area contributed by atoms with E-state index in [1.54, 1.807) is 4.68 Å². The molecule has 26 heavy (non-hydrogen) atoms. The van der Waals surface area contributed by atoms with Gasteiger partial charge in [0.05, 0.1) is 11.7 Å². The third-order valence-corrected chi connectivity index (χ3v) is 5.42. The molecule has 7 nitrogen and oxygen atoms in total. The molecular weight excluding hydrogens is 328 g/mol. The van der Waals surface area contributed by atoms with Gasteiger partial charge in [-0.3, -0.25) is 9.69 Å². The molecule has 1 saturated heterocycles. The predicted molar refractivity (Wildman–Crippen MR) is 99.8 cm³/mol. The van der Waals surface area contributed by atoms with Crippen LogP contribution in [0.5, 0.6) is 0 Å². The maximum atomic E-state index is 12.6. The Bertz CT molecular complexity index is 721. The van der Waals surface area contributed by atoms with E-state index in [9.17, 15) is 4.79 Å². The second-order valence-electron chi connectivity index (χ2n) is 7.31. The van der Waals surface area contributed by atoms with Gasteiger partial charge in [0.2, 0.25) is 5.91 Å². The van der Waals surface area contributed by atoms with Gasteiger partial charge in [-0.25, -0.2) is 0 Å². The molecule has 1 unspecified atom stereocenters. The molecule has 2 heterocycles. The van der Waals surface area contributed by atoms with Gasteiger partial charge in [0.15, 0.2) is 5.82 Å². The number of hydrogen-bond donors (Lipinski definition) is 0. The van der Waals surface area contributed by atoms with Gasteiger partial charge in [0.25, 0.3) is 0 Å². The van der Waals surface area contributed by atoms with Crippen molar-refractivity contribution in [3.8, 4) is 5.69 Å². The molecule has 0 spiro atoms. The van der Waals surface area contributed by atoms with Gasteiger partial charge in [-0.2, -0.15) is 4.68 Å². The molecule has 1 aromatic carbocycles. The highest BCUT2D eigenvalue weighted by molar-refractivity contribution is 5.78. The molecule has 0 bridgehead atoms. The number of para-hydroxylation sites is 1. The summed E-state index contributed by atoms with van der Waals surface area (Å²) in [5.41, 5.74) is 0.961. The molecule has 1 amide bonds. The molecule has 0 aliphatic carbocycles. The lowest BCUT2D eigenvalue weighted by atomic mass is 9.94. The topological polar surface area (TPSA) is 67.2 Å². The zero-order valence-corrected chi connectivity index (χ0v) is 16.0. The number of tetrazole rings is 1. The lowest BCUT2D eigenvalue weighted by Crippen LogP contribution is -2.44. The number of carbonyl (C=O) groups is 1. The molecule has 1 fully saturated rings. The zero-order valence-electron chi connectivity index (χ0n) is 16.0. The first-order chi connectivity index (χ1) is 12.5. The fourth-order valence-electron chi connectivity index (χ4n) is 3.45. The summed E-state index contributed by atoms with van der Waals surface area (Å²) in [7, 11) is 1.90. The minimum Gasteiger partial charge on any atom is -0.343 e. The molecule has 7 heteroatoms. The first-order valence-electron chi connectivity index (χ1n) is 9.33. The molecule has 0 saturated carbocycles. The number of piperidine rings is 1. The minimum atomic E-state index is 0.101. The van der Waals surface area contributed by atoms with Crippen molar-refractivity contribution in [2.75, 3.05) is 20.1 Å². The van der Waals surface area contributed by atoms with Crippen LogP contribution in [0.25, 0.3) is 5.69 Å². The van der Waals surface area contributed by atoms with E-state index < -0.39 is 0 Å². The van der Waals surface area contributed by atoms with Crippen molar-refractivity contribution >= 4 is 5.91 Å². The maximum Gasteiger partial charge on any atom is 0.225 e. The summed E-state index contributed by atoms with van der Waals surface area (Å²) in [6.07, 6.45) is 1.76. The summed E-state index contributed by atoms with van der Waals surface area (Å²) in [5, 5.41) is 12.3. The largest absolute Gasteiger partial charge is 0.343 e. The van der Waals surface area contributed by atoms with Crippen molar-refractivity contribution in [3.63, 3.8) is 0 Å². The Hall–Kier alpha value is -2.28. The summed E-state index contributed by atoms with van der Waals surface area (Å²) in [6, 6.07) is 10.3. The van der Waals surface area contributed by atoms with Crippen LogP contribution in [0, 0.1) is 5.92 Å². The first kappa shape index (κ1) is 18.5. The van der Waals surface area contributed by atoms with E-state index in [1.807, 2.05) is 42.3 Å². The van der Waals surface area contributed by atoms with E-state index in [2.05, 4.69) is 41.2 Å². The maximum absolute atomic E-state index is 12.6. The molecule has 2 aromatic rings. The number of likely N-dealkylation sites (tertiary alicyclic amines) is 1. The number of carbonyl (C=O) groups excluding carboxylic acids is 1. The second-order valence-corrected chi connectivity index (χ2v) is 7.31. The van der Waals surface area contributed by atoms with E-state index in [-0.39, 0.29) is 23.9 Å². The van der Waals surface area contributed by atoms with Crippen LogP contribution in [0.15, 0.2) is 30.3 Å². The van der Waals surface area contributed by atoms with Crippen LogP contribution in [-0.4, -0.2) is 62.1 Å². The Morgan fingerprint density at radius 2 is 1.81 bits per heavy atom. The van der Waals surface area contributed by atoms with Gasteiger partial charge in [-0.05, 0) is 69.3 Å². The Morgan fingerprint density at radius 1 is 1.15 bits per heavy atom. The molecule has 140 valence electrons. The lowest BCUT2D eigenvalue weighted by Gasteiger charge is -2.36. The SMILES string of the molecule is CC(c1nnnn1-c1ccccc1)N1CCC(C(=O)N(C)C(C)C)CC1. The fourth-order valence-corrected chi connectivity index (χ4v) is 3.45. The van der Waals surface area contributed by atoms with E-state index in [0.29, 0.717) is 0 Å². The van der Waals surface area contributed by atoms with Crippen LogP contribution in [0.2, 0.25) is 0 Å². The summed E-state index contributed by atoms with van der Waals surface area (Å²) in [5.74, 6) is 1.22. The van der Waals surface area contributed by atoms with Crippen molar-refractivity contribution in [1.82, 2.24) is 30.0 Å². The normalized spacial score (nSPS) is 17.4. The van der Waals surface area contributed by atoms with Crippen LogP contribution < -0.4 is 0 Å². The Balaban J connectivity index is 1.66. The number of hydrogen-bond acceptors (Lipinski definition) is 5. The number of benzene rings is 1. The highest BCUT2D eigenvalue weighted by atomic mass is 16.2. The zero-order chi connectivity index (χ0) is 18.7. The highest BCUT2D eigenvalue weighted by Gasteiger charge is 2.31. The molecule has 1 aliphatic rings. The van der Waals surface area contributed by atoms with Crippen LogP contribution in [0.3, 0.4) is 0 Å². The van der Waals surface area contributed by atoms with Gasteiger partial charge in [0, 0.05) is 19.0 Å². The summed E-state index contributed by atoms with van der Waals surface area (Å²) in [6.45, 7) is 8.00. The quantitative estimate of drug-likeness (QED) is 0.822. The fraction of sp³-hybridized carbons (Fsp3) is 0.579. The van der Waals surface area contributed by atoms with Crippen molar-refractivity contribution in [1.29, 1.82) is 0 Å². The van der Waals surface area contributed by atoms with E-state index in [0.717, 1.165) is 37.4 Å². The van der Waals surface area contributed by atoms with E-state index in [1.165, 1.54) is 0 Å². The standard InChI is InChI=1S/C19H28N6O/c1-14(2)23(4)19(26)16-10-12-24(13-11-16)15(3)18-20-21-22-25(18)17-8-6-5-7-9-17/h5-9,14-16H,10-13H2,1-4H3. The Kier molecular flexibility index (Phi) is 5.66. The third kappa shape index (κ3) is 3.77. The molecular formula is C19H28N6O. The van der Waals surface area contributed by atoms with Gasteiger partial charge >= 0.3 is 0 Å². The van der Waals surface area contributed by atoms with Crippen molar-refractivity contribution in [3.05, 3.63) is 36.2 Å². The van der Waals surface area contributed by atoms with Crippen LogP contribution in [0.4, 0.5) is 0 Å². The summed E-state index contributed by atoms with van der Waals surface area (Å²) in [4.78, 5) is 16.8. The second kappa shape index (κ2) is 7.95. The summed E-state index contributed by atoms with van der Waals surface area (Å²) < 4.78 is 1.80. The molecule has 1 aromatic heterocycles. The van der Waals surface area contributed by atoms with E-state index in [4.69, 9.17) is 0 Å². The van der Waals surface area contributed by atoms with Crippen molar-refractivity contribution in [2.45, 2.75) is 45.7 Å². The van der Waals surface area contributed by atoms with Gasteiger partial charge in [-0.1, -0.05) is 18.2 Å². The minimum absolute atomic E-state index is 0.101. The molecule has 0 N–H and O–H groups in total. The van der Waals surface area contributed by atoms with Crippen LogP contribution in [0.1, 0.15) is 45.5 Å². The predicted octanol–water partition coefficient (Wildman–Crippen LogP) is 2.30. The smallest absolute Gasteiger partial charge is 0.225 e. The number of nitrogens with zero attached hydrogens (tertiary/aromatic N) is 6. The third-order valence-electron chi connectivity index (χ3n) is 5.42. The monoisotopic (exact) mass is 356 g/mol. The molecule has 3 rings (SSSR count). The lowest BCUT2D eigenvalue weighted by molar-refractivity contribution is -0.137. The molecule has 0 radical (unpaired) electrons. The number of rotatable bonds is 5. The van der Waals surface area contributed by atoms with E-state index >= 15 is 0 Å². The molecule has 1 aliphatic heterocycles. The van der Waals surface area contributed by atoms with Crippen molar-refractivity contribution < 1.29 is 4.79 Å². The van der Waals surface area contributed by atoms with Crippen molar-refractivity contribution in [2.24, 2.45) is 5.92 Å². The average Bonchev–Trinajstić information content (AvgIpc) is 3.16. The average molecular weight is 356 g/mol.